The second kappa shape index (κ2) is 7.49. The SMILES string of the molecule is Cc1ccc(S(=O)(=O)Cc2ccccc2/C=C/c2ccccc2)cc1. The average molecular weight is 348 g/mol. The van der Waals surface area contributed by atoms with Crippen LogP contribution in [0.2, 0.25) is 0 Å². The number of hydrogen-bond donors (Lipinski definition) is 0. The molecule has 3 aromatic rings. The Kier molecular flexibility index (Phi) is 5.15. The summed E-state index contributed by atoms with van der Waals surface area (Å²) >= 11 is 0. The maximum atomic E-state index is 12.7. The smallest absolute Gasteiger partial charge is 0.182 e. The van der Waals surface area contributed by atoms with Crippen LogP contribution in [0.5, 0.6) is 0 Å². The summed E-state index contributed by atoms with van der Waals surface area (Å²) in [5.74, 6) is -0.00857. The van der Waals surface area contributed by atoms with Gasteiger partial charge in [-0.2, -0.15) is 0 Å². The van der Waals surface area contributed by atoms with Gasteiger partial charge in [-0.25, -0.2) is 8.42 Å². The van der Waals surface area contributed by atoms with Gasteiger partial charge in [0.25, 0.3) is 0 Å². The minimum Gasteiger partial charge on any atom is -0.223 e. The molecule has 3 heteroatoms. The lowest BCUT2D eigenvalue weighted by atomic mass is 10.1. The molecular formula is C22H20O2S. The third kappa shape index (κ3) is 4.46. The van der Waals surface area contributed by atoms with E-state index in [4.69, 9.17) is 0 Å². The lowest BCUT2D eigenvalue weighted by Gasteiger charge is -2.08. The molecule has 3 rings (SSSR count). The first-order chi connectivity index (χ1) is 12.0. The Bertz CT molecular complexity index is 970. The molecule has 0 atom stereocenters. The van der Waals surface area contributed by atoms with Gasteiger partial charge >= 0.3 is 0 Å². The summed E-state index contributed by atoms with van der Waals surface area (Å²) in [7, 11) is -3.37. The molecule has 0 heterocycles. The summed E-state index contributed by atoms with van der Waals surface area (Å²) in [6.07, 6.45) is 3.96. The number of sulfone groups is 1. The molecule has 25 heavy (non-hydrogen) atoms. The van der Waals surface area contributed by atoms with Crippen LogP contribution in [0.15, 0.2) is 83.8 Å². The van der Waals surface area contributed by atoms with Crippen LogP contribution in [0, 0.1) is 6.92 Å². The zero-order valence-electron chi connectivity index (χ0n) is 14.1. The summed E-state index contributed by atoms with van der Waals surface area (Å²) < 4.78 is 25.4. The minimum atomic E-state index is -3.37. The second-order valence-corrected chi connectivity index (χ2v) is 8.00. The van der Waals surface area contributed by atoms with Gasteiger partial charge in [0.05, 0.1) is 10.6 Å². The van der Waals surface area contributed by atoms with Crippen molar-refractivity contribution in [3.63, 3.8) is 0 Å². The van der Waals surface area contributed by atoms with Crippen LogP contribution in [0.1, 0.15) is 22.3 Å². The molecule has 0 aliphatic carbocycles. The van der Waals surface area contributed by atoms with E-state index in [1.165, 1.54) is 0 Å². The van der Waals surface area contributed by atoms with Crippen molar-refractivity contribution in [2.24, 2.45) is 0 Å². The van der Waals surface area contributed by atoms with E-state index < -0.39 is 9.84 Å². The third-order valence-corrected chi connectivity index (χ3v) is 5.72. The lowest BCUT2D eigenvalue weighted by Crippen LogP contribution is -2.06. The van der Waals surface area contributed by atoms with Crippen molar-refractivity contribution < 1.29 is 8.42 Å². The quantitative estimate of drug-likeness (QED) is 0.598. The number of hydrogen-bond acceptors (Lipinski definition) is 2. The largest absolute Gasteiger partial charge is 0.223 e. The molecule has 126 valence electrons. The van der Waals surface area contributed by atoms with E-state index in [1.807, 2.05) is 85.8 Å². The molecule has 3 aromatic carbocycles. The summed E-state index contributed by atoms with van der Waals surface area (Å²) in [5, 5.41) is 0. The minimum absolute atomic E-state index is 0.00857. The van der Waals surface area contributed by atoms with Crippen molar-refractivity contribution in [1.82, 2.24) is 0 Å². The first kappa shape index (κ1) is 17.2. The molecule has 0 unspecified atom stereocenters. The Morgan fingerprint density at radius 1 is 0.760 bits per heavy atom. The molecular weight excluding hydrogens is 328 g/mol. The summed E-state index contributed by atoms with van der Waals surface area (Å²) in [6, 6.07) is 24.6. The first-order valence-corrected chi connectivity index (χ1v) is 9.80. The fourth-order valence-corrected chi connectivity index (χ4v) is 4.00. The third-order valence-electron chi connectivity index (χ3n) is 4.04. The van der Waals surface area contributed by atoms with Gasteiger partial charge in [0, 0.05) is 0 Å². The Labute approximate surface area is 149 Å². The zero-order valence-corrected chi connectivity index (χ0v) is 14.9. The lowest BCUT2D eigenvalue weighted by molar-refractivity contribution is 0.595. The summed E-state index contributed by atoms with van der Waals surface area (Å²) in [6.45, 7) is 1.94. The van der Waals surface area contributed by atoms with E-state index in [1.54, 1.807) is 12.1 Å². The maximum Gasteiger partial charge on any atom is 0.182 e. The first-order valence-electron chi connectivity index (χ1n) is 8.15. The van der Waals surface area contributed by atoms with Crippen molar-refractivity contribution in [2.75, 3.05) is 0 Å². The van der Waals surface area contributed by atoms with Gasteiger partial charge in [-0.1, -0.05) is 84.4 Å². The van der Waals surface area contributed by atoms with Gasteiger partial charge in [0.15, 0.2) is 9.84 Å². The highest BCUT2D eigenvalue weighted by Crippen LogP contribution is 2.21. The molecule has 0 aliphatic heterocycles. The molecule has 0 N–H and O–H groups in total. The number of benzene rings is 3. The molecule has 2 nitrogen and oxygen atoms in total. The molecule has 0 amide bonds. The molecule has 0 fully saturated rings. The molecule has 0 saturated carbocycles. The van der Waals surface area contributed by atoms with E-state index in [2.05, 4.69) is 0 Å². The van der Waals surface area contributed by atoms with E-state index in [-0.39, 0.29) is 5.75 Å². The molecule has 0 aliphatic rings. The topological polar surface area (TPSA) is 34.1 Å². The normalized spacial score (nSPS) is 11.7. The fraction of sp³-hybridized carbons (Fsp3) is 0.0909. The Hall–Kier alpha value is -2.65. The highest BCUT2D eigenvalue weighted by molar-refractivity contribution is 7.90. The predicted octanol–water partition coefficient (Wildman–Crippen LogP) is 5.14. The van der Waals surface area contributed by atoms with Gasteiger partial charge in [0.1, 0.15) is 0 Å². The van der Waals surface area contributed by atoms with Crippen LogP contribution in [0.25, 0.3) is 12.2 Å². The molecule has 0 aromatic heterocycles. The Balaban J connectivity index is 1.88. The van der Waals surface area contributed by atoms with Crippen molar-refractivity contribution in [1.29, 1.82) is 0 Å². The van der Waals surface area contributed by atoms with Crippen molar-refractivity contribution >= 4 is 22.0 Å². The van der Waals surface area contributed by atoms with Gasteiger partial charge in [-0.05, 0) is 35.7 Å². The highest BCUT2D eigenvalue weighted by Gasteiger charge is 2.16. The van der Waals surface area contributed by atoms with Gasteiger partial charge < -0.3 is 0 Å². The maximum absolute atomic E-state index is 12.7. The summed E-state index contributed by atoms with van der Waals surface area (Å²) in [4.78, 5) is 0.361. The summed E-state index contributed by atoms with van der Waals surface area (Å²) in [5.41, 5.74) is 3.85. The van der Waals surface area contributed by atoms with Crippen molar-refractivity contribution in [3.05, 3.63) is 101 Å². The van der Waals surface area contributed by atoms with E-state index in [9.17, 15) is 8.42 Å². The standard InChI is InChI=1S/C22H20O2S/c1-18-11-15-22(16-12-18)25(23,24)17-21-10-6-5-9-20(21)14-13-19-7-3-2-4-8-19/h2-16H,17H2,1H3/b14-13+. The van der Waals surface area contributed by atoms with E-state index in [0.29, 0.717) is 4.90 Å². The number of rotatable bonds is 5. The van der Waals surface area contributed by atoms with Crippen LogP contribution in [0.4, 0.5) is 0 Å². The van der Waals surface area contributed by atoms with Crippen LogP contribution < -0.4 is 0 Å². The molecule has 0 saturated heterocycles. The molecule has 0 spiro atoms. The monoisotopic (exact) mass is 348 g/mol. The van der Waals surface area contributed by atoms with Crippen LogP contribution >= 0.6 is 0 Å². The van der Waals surface area contributed by atoms with Gasteiger partial charge in [-0.3, -0.25) is 0 Å². The second-order valence-electron chi connectivity index (χ2n) is 6.01. The zero-order chi connectivity index (χ0) is 17.7. The van der Waals surface area contributed by atoms with Crippen LogP contribution in [0.3, 0.4) is 0 Å². The van der Waals surface area contributed by atoms with Crippen LogP contribution in [-0.2, 0) is 15.6 Å². The number of aryl methyl sites for hydroxylation is 1. The Morgan fingerprint density at radius 2 is 1.40 bits per heavy atom. The average Bonchev–Trinajstić information content (AvgIpc) is 2.62. The van der Waals surface area contributed by atoms with Crippen molar-refractivity contribution in [2.45, 2.75) is 17.6 Å². The van der Waals surface area contributed by atoms with E-state index >= 15 is 0 Å². The van der Waals surface area contributed by atoms with Gasteiger partial charge in [0.2, 0.25) is 0 Å². The van der Waals surface area contributed by atoms with E-state index in [0.717, 1.165) is 22.3 Å². The molecule has 0 radical (unpaired) electrons. The highest BCUT2D eigenvalue weighted by atomic mass is 32.2. The van der Waals surface area contributed by atoms with Crippen molar-refractivity contribution in [3.8, 4) is 0 Å². The van der Waals surface area contributed by atoms with Gasteiger partial charge in [-0.15, -0.1) is 0 Å². The van der Waals surface area contributed by atoms with Crippen LogP contribution in [-0.4, -0.2) is 8.42 Å². The Morgan fingerprint density at radius 3 is 2.12 bits per heavy atom. The fourth-order valence-electron chi connectivity index (χ4n) is 2.61. The predicted molar refractivity (Wildman–Crippen MR) is 104 cm³/mol. The molecule has 0 bridgehead atoms.